The van der Waals surface area contributed by atoms with E-state index >= 15 is 0 Å². The van der Waals surface area contributed by atoms with E-state index in [4.69, 9.17) is 12.2 Å². The first-order valence-electron chi connectivity index (χ1n) is 4.67. The molecule has 0 saturated heterocycles. The van der Waals surface area contributed by atoms with Gasteiger partial charge in [-0.2, -0.15) is 5.10 Å². The monoisotopic (exact) mass is 299 g/mol. The van der Waals surface area contributed by atoms with Gasteiger partial charge in [0.25, 0.3) is 0 Å². The molecule has 0 aliphatic carbocycles. The summed E-state index contributed by atoms with van der Waals surface area (Å²) < 4.78 is 3.17. The minimum Gasteiger partial charge on any atom is -0.388 e. The van der Waals surface area contributed by atoms with E-state index < -0.39 is 0 Å². The molecule has 0 aliphatic rings. The highest BCUT2D eigenvalue weighted by molar-refractivity contribution is 9.10. The maximum absolute atomic E-state index is 9.19. The summed E-state index contributed by atoms with van der Waals surface area (Å²) in [6, 6.07) is 5.89. The van der Waals surface area contributed by atoms with Crippen molar-refractivity contribution in [1.29, 1.82) is 0 Å². The summed E-state index contributed by atoms with van der Waals surface area (Å²) in [7, 11) is 0. The minimum absolute atomic E-state index is 0.154. The number of hydrogen-bond acceptors (Lipinski definition) is 3. The van der Waals surface area contributed by atoms with Crippen molar-refractivity contribution in [2.75, 3.05) is 0 Å². The van der Waals surface area contributed by atoms with Gasteiger partial charge in [0, 0.05) is 4.47 Å². The SMILES string of the molecule is Cc1ccc(Br)cc1-n1c(CO)n[nH]c1=S. The van der Waals surface area contributed by atoms with Crippen molar-refractivity contribution < 1.29 is 5.11 Å². The topological polar surface area (TPSA) is 53.8 Å². The number of nitrogens with zero attached hydrogens (tertiary/aromatic N) is 2. The summed E-state index contributed by atoms with van der Waals surface area (Å²) in [5.74, 6) is 0.506. The van der Waals surface area contributed by atoms with Crippen LogP contribution in [0.2, 0.25) is 0 Å². The Hall–Kier alpha value is -0.980. The van der Waals surface area contributed by atoms with Crippen LogP contribution >= 0.6 is 28.1 Å². The van der Waals surface area contributed by atoms with Gasteiger partial charge in [0.15, 0.2) is 10.6 Å². The summed E-state index contributed by atoms with van der Waals surface area (Å²) >= 11 is 8.55. The van der Waals surface area contributed by atoms with Gasteiger partial charge in [0.2, 0.25) is 0 Å². The van der Waals surface area contributed by atoms with Crippen molar-refractivity contribution in [2.24, 2.45) is 0 Å². The average Bonchev–Trinajstić information content (AvgIpc) is 2.63. The number of H-pyrrole nitrogens is 1. The van der Waals surface area contributed by atoms with E-state index in [-0.39, 0.29) is 6.61 Å². The lowest BCUT2D eigenvalue weighted by molar-refractivity contribution is 0.268. The fourth-order valence-corrected chi connectivity index (χ4v) is 2.11. The van der Waals surface area contributed by atoms with E-state index in [1.54, 1.807) is 4.57 Å². The Bertz CT molecular complexity index is 576. The third-order valence-corrected chi connectivity index (χ3v) is 3.06. The zero-order valence-electron chi connectivity index (χ0n) is 8.57. The van der Waals surface area contributed by atoms with E-state index in [0.717, 1.165) is 15.7 Å². The zero-order chi connectivity index (χ0) is 11.7. The van der Waals surface area contributed by atoms with Crippen molar-refractivity contribution in [3.63, 3.8) is 0 Å². The van der Waals surface area contributed by atoms with Gasteiger partial charge in [-0.1, -0.05) is 22.0 Å². The molecule has 0 aliphatic heterocycles. The minimum atomic E-state index is -0.154. The molecule has 6 heteroatoms. The number of benzene rings is 1. The predicted molar refractivity (Wildman–Crippen MR) is 67.1 cm³/mol. The van der Waals surface area contributed by atoms with Crippen LogP contribution in [0.5, 0.6) is 0 Å². The lowest BCUT2D eigenvalue weighted by atomic mass is 10.2. The highest BCUT2D eigenvalue weighted by atomic mass is 79.9. The number of hydrogen-bond donors (Lipinski definition) is 2. The summed E-state index contributed by atoms with van der Waals surface area (Å²) in [5, 5.41) is 15.8. The predicted octanol–water partition coefficient (Wildman–Crippen LogP) is 2.49. The second-order valence-corrected chi connectivity index (χ2v) is 4.67. The Morgan fingerprint density at radius 1 is 1.56 bits per heavy atom. The third-order valence-electron chi connectivity index (χ3n) is 2.30. The summed E-state index contributed by atoms with van der Waals surface area (Å²) in [6.07, 6.45) is 0. The molecule has 1 heterocycles. The molecule has 0 fully saturated rings. The lowest BCUT2D eigenvalue weighted by Crippen LogP contribution is -2.03. The average molecular weight is 300 g/mol. The summed E-state index contributed by atoms with van der Waals surface area (Å²) in [6.45, 7) is 1.83. The van der Waals surface area contributed by atoms with Crippen molar-refractivity contribution >= 4 is 28.1 Å². The third kappa shape index (κ3) is 1.95. The van der Waals surface area contributed by atoms with Crippen molar-refractivity contribution in [3.05, 3.63) is 38.8 Å². The number of nitrogens with one attached hydrogen (secondary N) is 1. The van der Waals surface area contributed by atoms with Crippen LogP contribution in [0.1, 0.15) is 11.4 Å². The number of aliphatic hydroxyl groups excluding tert-OH is 1. The molecule has 0 unspecified atom stereocenters. The van der Waals surface area contributed by atoms with E-state index in [1.165, 1.54) is 0 Å². The molecule has 0 bridgehead atoms. The van der Waals surface area contributed by atoms with Crippen LogP contribution in [0.15, 0.2) is 22.7 Å². The summed E-state index contributed by atoms with van der Waals surface area (Å²) in [5.41, 5.74) is 1.98. The second-order valence-electron chi connectivity index (χ2n) is 3.37. The molecule has 1 aromatic heterocycles. The molecule has 16 heavy (non-hydrogen) atoms. The molecule has 0 atom stereocenters. The Labute approximate surface area is 106 Å². The van der Waals surface area contributed by atoms with Gasteiger partial charge >= 0.3 is 0 Å². The van der Waals surface area contributed by atoms with Crippen LogP contribution in [-0.4, -0.2) is 19.9 Å². The number of halogens is 1. The van der Waals surface area contributed by atoms with Gasteiger partial charge in [0.05, 0.1) is 5.69 Å². The van der Waals surface area contributed by atoms with Crippen molar-refractivity contribution in [3.8, 4) is 5.69 Å². The fourth-order valence-electron chi connectivity index (χ4n) is 1.51. The molecule has 84 valence electrons. The van der Waals surface area contributed by atoms with Crippen LogP contribution in [0, 0.1) is 11.7 Å². The quantitative estimate of drug-likeness (QED) is 0.838. The Morgan fingerprint density at radius 3 is 3.00 bits per heavy atom. The van der Waals surface area contributed by atoms with E-state index in [2.05, 4.69) is 26.1 Å². The molecular weight excluding hydrogens is 290 g/mol. The van der Waals surface area contributed by atoms with Gasteiger partial charge in [-0.25, -0.2) is 0 Å². The van der Waals surface area contributed by atoms with Gasteiger partial charge < -0.3 is 5.11 Å². The van der Waals surface area contributed by atoms with Gasteiger partial charge in [-0.05, 0) is 36.8 Å². The maximum Gasteiger partial charge on any atom is 0.199 e. The molecule has 4 nitrogen and oxygen atoms in total. The smallest absolute Gasteiger partial charge is 0.199 e. The molecular formula is C10H10BrN3OS. The number of aromatic nitrogens is 3. The molecule has 2 aromatic rings. The highest BCUT2D eigenvalue weighted by Crippen LogP contribution is 2.21. The Balaban J connectivity index is 2.71. The van der Waals surface area contributed by atoms with Gasteiger partial charge in [0.1, 0.15) is 6.61 Å². The number of aliphatic hydroxyl groups is 1. The lowest BCUT2D eigenvalue weighted by Gasteiger charge is -2.09. The van der Waals surface area contributed by atoms with Crippen molar-refractivity contribution in [1.82, 2.24) is 14.8 Å². The fraction of sp³-hybridized carbons (Fsp3) is 0.200. The van der Waals surface area contributed by atoms with Crippen LogP contribution in [0.3, 0.4) is 0 Å². The first-order valence-corrected chi connectivity index (χ1v) is 5.87. The number of aryl methyl sites for hydroxylation is 1. The molecule has 0 radical (unpaired) electrons. The number of rotatable bonds is 2. The molecule has 0 amide bonds. The first kappa shape index (κ1) is 11.5. The van der Waals surface area contributed by atoms with Crippen LogP contribution in [0.25, 0.3) is 5.69 Å². The first-order chi connectivity index (χ1) is 7.63. The molecule has 2 N–H and O–H groups in total. The summed E-state index contributed by atoms with van der Waals surface area (Å²) in [4.78, 5) is 0. The van der Waals surface area contributed by atoms with Crippen LogP contribution in [0.4, 0.5) is 0 Å². The largest absolute Gasteiger partial charge is 0.388 e. The number of aromatic amines is 1. The maximum atomic E-state index is 9.19. The van der Waals surface area contributed by atoms with Crippen LogP contribution in [-0.2, 0) is 6.61 Å². The molecule has 2 rings (SSSR count). The normalized spacial score (nSPS) is 10.7. The molecule has 1 aromatic carbocycles. The van der Waals surface area contributed by atoms with E-state index in [9.17, 15) is 5.11 Å². The second kappa shape index (κ2) is 4.48. The zero-order valence-corrected chi connectivity index (χ0v) is 11.0. The Kier molecular flexibility index (Phi) is 3.22. The van der Waals surface area contributed by atoms with Gasteiger partial charge in [-0.15, -0.1) is 0 Å². The highest BCUT2D eigenvalue weighted by Gasteiger charge is 2.09. The van der Waals surface area contributed by atoms with E-state index in [0.29, 0.717) is 10.6 Å². The molecule has 0 spiro atoms. The Morgan fingerprint density at radius 2 is 2.31 bits per heavy atom. The molecule has 0 saturated carbocycles. The standard InChI is InChI=1S/C10H10BrN3OS/c1-6-2-3-7(11)4-8(6)14-9(5-15)12-13-10(14)16/h2-4,15H,5H2,1H3,(H,13,16). The van der Waals surface area contributed by atoms with Crippen LogP contribution < -0.4 is 0 Å². The van der Waals surface area contributed by atoms with E-state index in [1.807, 2.05) is 25.1 Å². The van der Waals surface area contributed by atoms with Gasteiger partial charge in [-0.3, -0.25) is 9.67 Å². The van der Waals surface area contributed by atoms with Crippen molar-refractivity contribution in [2.45, 2.75) is 13.5 Å².